The first-order chi connectivity index (χ1) is 12.9. The van der Waals surface area contributed by atoms with E-state index >= 15 is 0 Å². The Labute approximate surface area is 157 Å². The summed E-state index contributed by atoms with van der Waals surface area (Å²) in [6.45, 7) is 3.58. The summed E-state index contributed by atoms with van der Waals surface area (Å²) < 4.78 is 5.39. The van der Waals surface area contributed by atoms with Crippen LogP contribution in [0.2, 0.25) is 0 Å². The van der Waals surface area contributed by atoms with E-state index in [0.29, 0.717) is 16.9 Å². The van der Waals surface area contributed by atoms with Crippen molar-refractivity contribution in [2.45, 2.75) is 39.2 Å². The van der Waals surface area contributed by atoms with E-state index in [2.05, 4.69) is 17.6 Å². The summed E-state index contributed by atoms with van der Waals surface area (Å²) in [5.41, 5.74) is 3.03. The van der Waals surface area contributed by atoms with E-state index in [-0.39, 0.29) is 0 Å². The molecule has 1 aliphatic rings. The van der Waals surface area contributed by atoms with Crippen molar-refractivity contribution in [2.75, 3.05) is 7.05 Å². The molecule has 1 heterocycles. The maximum Gasteiger partial charge on any atom is 0.339 e. The molecule has 7 nitrogen and oxygen atoms in total. The summed E-state index contributed by atoms with van der Waals surface area (Å²) in [6, 6.07) is 6.78. The van der Waals surface area contributed by atoms with Crippen molar-refractivity contribution in [3.63, 3.8) is 0 Å². The van der Waals surface area contributed by atoms with Gasteiger partial charge < -0.3 is 10.1 Å². The first-order valence-corrected chi connectivity index (χ1v) is 9.04. The first kappa shape index (κ1) is 18.8. The van der Waals surface area contributed by atoms with Gasteiger partial charge in [-0.3, -0.25) is 15.1 Å². The molecule has 0 unspecified atom stereocenters. The molecule has 0 spiro atoms. The van der Waals surface area contributed by atoms with Gasteiger partial charge in [-0.05, 0) is 43.7 Å². The highest BCUT2D eigenvalue weighted by Gasteiger charge is 2.28. The summed E-state index contributed by atoms with van der Waals surface area (Å²) in [7, 11) is 1.40. The lowest BCUT2D eigenvalue weighted by Crippen LogP contribution is -2.43. The number of fused-ring (bicyclic) bond motifs is 2. The van der Waals surface area contributed by atoms with Crippen LogP contribution in [0, 0.1) is 5.92 Å². The van der Waals surface area contributed by atoms with Crippen molar-refractivity contribution < 1.29 is 19.1 Å². The van der Waals surface area contributed by atoms with Gasteiger partial charge in [-0.15, -0.1) is 0 Å². The highest BCUT2D eigenvalue weighted by Crippen LogP contribution is 2.32. The number of hydrogen-bond donors (Lipinski definition) is 2. The zero-order valence-electron chi connectivity index (χ0n) is 15.7. The van der Waals surface area contributed by atoms with Gasteiger partial charge in [-0.1, -0.05) is 25.1 Å². The van der Waals surface area contributed by atoms with Gasteiger partial charge in [0.15, 0.2) is 6.10 Å². The minimum Gasteiger partial charge on any atom is -0.449 e. The Kier molecular flexibility index (Phi) is 5.39. The quantitative estimate of drug-likeness (QED) is 0.810. The summed E-state index contributed by atoms with van der Waals surface area (Å²) >= 11 is 0. The van der Waals surface area contributed by atoms with E-state index in [9.17, 15) is 14.4 Å². The second kappa shape index (κ2) is 7.73. The van der Waals surface area contributed by atoms with Gasteiger partial charge in [-0.25, -0.2) is 9.59 Å². The molecule has 0 fully saturated rings. The van der Waals surface area contributed by atoms with E-state index in [0.717, 1.165) is 36.0 Å². The lowest BCUT2D eigenvalue weighted by molar-refractivity contribution is -0.127. The number of carbonyl (C=O) groups excluding carboxylic acids is 3. The van der Waals surface area contributed by atoms with Crippen LogP contribution in [0.3, 0.4) is 0 Å². The van der Waals surface area contributed by atoms with Crippen molar-refractivity contribution in [2.24, 2.45) is 5.92 Å². The largest absolute Gasteiger partial charge is 0.449 e. The number of nitrogens with one attached hydrogen (secondary N) is 2. The highest BCUT2D eigenvalue weighted by atomic mass is 16.5. The Balaban J connectivity index is 1.95. The van der Waals surface area contributed by atoms with Crippen LogP contribution in [-0.2, 0) is 22.4 Å². The molecule has 0 bridgehead atoms. The van der Waals surface area contributed by atoms with Crippen molar-refractivity contribution in [1.82, 2.24) is 15.6 Å². The second-order valence-corrected chi connectivity index (χ2v) is 6.89. The molecular formula is C20H23N3O4. The third-order valence-corrected chi connectivity index (χ3v) is 4.83. The zero-order chi connectivity index (χ0) is 19.6. The van der Waals surface area contributed by atoms with Crippen LogP contribution in [0.5, 0.6) is 0 Å². The SMILES string of the molecule is CNC(=O)NC(=O)[C@H](C)OC(=O)c1c2c(nc3ccccc13)CC[C@@H](C)C2. The number of nitrogens with zero attached hydrogens (tertiary/aromatic N) is 1. The average Bonchev–Trinajstić information content (AvgIpc) is 2.65. The van der Waals surface area contributed by atoms with Crippen molar-refractivity contribution in [3.8, 4) is 0 Å². The van der Waals surface area contributed by atoms with Crippen molar-refractivity contribution in [3.05, 3.63) is 41.1 Å². The summed E-state index contributed by atoms with van der Waals surface area (Å²) in [5, 5.41) is 5.12. The van der Waals surface area contributed by atoms with Crippen LogP contribution in [0.15, 0.2) is 24.3 Å². The lowest BCUT2D eigenvalue weighted by Gasteiger charge is -2.24. The second-order valence-electron chi connectivity index (χ2n) is 6.89. The molecule has 2 atom stereocenters. The van der Waals surface area contributed by atoms with Gasteiger partial charge in [0.05, 0.1) is 11.1 Å². The standard InChI is InChI=1S/C20H23N3O4/c1-11-8-9-16-14(10-11)17(13-6-4-5-7-15(13)22-16)19(25)27-12(2)18(24)23-20(26)21-3/h4-7,11-12H,8-10H2,1-3H3,(H2,21,23,24,26)/t11-,12+/m1/s1. The molecule has 1 aromatic carbocycles. The normalized spacial score (nSPS) is 16.9. The monoisotopic (exact) mass is 369 g/mol. The number of benzene rings is 1. The molecule has 0 aliphatic heterocycles. The number of ether oxygens (including phenoxy) is 1. The first-order valence-electron chi connectivity index (χ1n) is 9.04. The summed E-state index contributed by atoms with van der Waals surface area (Å²) in [4.78, 5) is 41.0. The fourth-order valence-corrected chi connectivity index (χ4v) is 3.34. The summed E-state index contributed by atoms with van der Waals surface area (Å²) in [6.07, 6.45) is 1.49. The molecule has 1 aliphatic carbocycles. The van der Waals surface area contributed by atoms with Crippen LogP contribution in [-0.4, -0.2) is 36.0 Å². The Morgan fingerprint density at radius 1 is 1.26 bits per heavy atom. The van der Waals surface area contributed by atoms with Gasteiger partial charge in [0.1, 0.15) is 0 Å². The van der Waals surface area contributed by atoms with E-state index in [1.54, 1.807) is 0 Å². The number of aryl methyl sites for hydroxylation is 1. The summed E-state index contributed by atoms with van der Waals surface area (Å²) in [5.74, 6) is -0.803. The molecule has 2 aromatic rings. The van der Waals surface area contributed by atoms with Gasteiger partial charge >= 0.3 is 12.0 Å². The number of carbonyl (C=O) groups is 3. The number of para-hydroxylation sites is 1. The van der Waals surface area contributed by atoms with Gasteiger partial charge in [0, 0.05) is 18.1 Å². The topological polar surface area (TPSA) is 97.4 Å². The number of imide groups is 1. The minimum absolute atomic E-state index is 0.445. The molecule has 3 rings (SSSR count). The Morgan fingerprint density at radius 2 is 2.00 bits per heavy atom. The molecule has 7 heteroatoms. The van der Waals surface area contributed by atoms with Gasteiger partial charge in [-0.2, -0.15) is 0 Å². The molecule has 0 saturated carbocycles. The number of pyridine rings is 1. The van der Waals surface area contributed by atoms with E-state index in [1.807, 2.05) is 24.3 Å². The highest BCUT2D eigenvalue weighted by molar-refractivity contribution is 6.06. The Hall–Kier alpha value is -2.96. The number of aromatic nitrogens is 1. The Bertz CT molecular complexity index is 909. The molecular weight excluding hydrogens is 346 g/mol. The number of urea groups is 1. The predicted octanol–water partition coefficient (Wildman–Crippen LogP) is 2.36. The number of hydrogen-bond acceptors (Lipinski definition) is 5. The fourth-order valence-electron chi connectivity index (χ4n) is 3.34. The third kappa shape index (κ3) is 3.92. The van der Waals surface area contributed by atoms with Crippen LogP contribution >= 0.6 is 0 Å². The van der Waals surface area contributed by atoms with Crippen molar-refractivity contribution >= 4 is 28.8 Å². The third-order valence-electron chi connectivity index (χ3n) is 4.83. The lowest BCUT2D eigenvalue weighted by atomic mass is 9.84. The maximum atomic E-state index is 13.0. The molecule has 142 valence electrons. The maximum absolute atomic E-state index is 13.0. The molecule has 1 aromatic heterocycles. The average molecular weight is 369 g/mol. The predicted molar refractivity (Wildman–Crippen MR) is 100 cm³/mol. The van der Waals surface area contributed by atoms with Crippen LogP contribution in [0.1, 0.15) is 41.9 Å². The smallest absolute Gasteiger partial charge is 0.339 e. The minimum atomic E-state index is -1.10. The molecule has 3 amide bonds. The molecule has 0 saturated heterocycles. The number of rotatable bonds is 3. The van der Waals surface area contributed by atoms with E-state index in [4.69, 9.17) is 9.72 Å². The van der Waals surface area contributed by atoms with Crippen LogP contribution in [0.4, 0.5) is 4.79 Å². The van der Waals surface area contributed by atoms with E-state index in [1.165, 1.54) is 14.0 Å². The molecule has 27 heavy (non-hydrogen) atoms. The fraction of sp³-hybridized carbons (Fsp3) is 0.400. The van der Waals surface area contributed by atoms with Crippen molar-refractivity contribution in [1.29, 1.82) is 0 Å². The van der Waals surface area contributed by atoms with Gasteiger partial charge in [0.2, 0.25) is 0 Å². The van der Waals surface area contributed by atoms with E-state index < -0.39 is 24.0 Å². The number of esters is 1. The van der Waals surface area contributed by atoms with Crippen LogP contribution < -0.4 is 10.6 Å². The zero-order valence-corrected chi connectivity index (χ0v) is 15.7. The Morgan fingerprint density at radius 3 is 2.74 bits per heavy atom. The van der Waals surface area contributed by atoms with Crippen LogP contribution in [0.25, 0.3) is 10.9 Å². The molecule has 0 radical (unpaired) electrons. The number of amides is 3. The molecule has 2 N–H and O–H groups in total. The van der Waals surface area contributed by atoms with Gasteiger partial charge in [0.25, 0.3) is 5.91 Å².